The molecular weight excluding hydrogens is 422 g/mol. The standard InChI is InChI=1S/C22H25N9O2/c1-4-31-19(14-7-13(2)21(33-3)24-8-14)29-17-18(26-12-27-20(17)31)28-15-5-6-30(10-15)22(32)16-9-23-11-25-16/h7-9,11-12,15H,4-6,10H2,1-3H3,(H,23,25)(H,26,27,28)/t15-/m0/s1. The lowest BCUT2D eigenvalue weighted by Gasteiger charge is -2.16. The molecule has 1 aliphatic heterocycles. The molecule has 1 amide bonds. The number of pyridine rings is 1. The number of carbonyl (C=O) groups excluding carboxylic acids is 1. The van der Waals surface area contributed by atoms with E-state index in [1.807, 2.05) is 22.5 Å². The van der Waals surface area contributed by atoms with Crippen molar-refractivity contribution in [1.29, 1.82) is 0 Å². The van der Waals surface area contributed by atoms with Crippen LogP contribution in [0.5, 0.6) is 5.88 Å². The van der Waals surface area contributed by atoms with Crippen LogP contribution in [0.2, 0.25) is 0 Å². The number of aromatic nitrogens is 7. The molecule has 1 saturated heterocycles. The van der Waals surface area contributed by atoms with Gasteiger partial charge >= 0.3 is 0 Å². The minimum absolute atomic E-state index is 0.0513. The third kappa shape index (κ3) is 3.75. The topological polar surface area (TPSA) is 127 Å². The van der Waals surface area contributed by atoms with Crippen molar-refractivity contribution in [2.24, 2.45) is 0 Å². The molecule has 1 aliphatic rings. The van der Waals surface area contributed by atoms with Gasteiger partial charge in [0.1, 0.15) is 17.8 Å². The van der Waals surface area contributed by atoms with Gasteiger partial charge in [-0.3, -0.25) is 4.79 Å². The molecule has 0 aliphatic carbocycles. The molecule has 0 radical (unpaired) electrons. The summed E-state index contributed by atoms with van der Waals surface area (Å²) < 4.78 is 7.34. The molecule has 33 heavy (non-hydrogen) atoms. The van der Waals surface area contributed by atoms with Crippen LogP contribution < -0.4 is 10.1 Å². The molecule has 2 N–H and O–H groups in total. The number of imidazole rings is 2. The molecule has 0 aromatic carbocycles. The Hall–Kier alpha value is -4.02. The zero-order valence-electron chi connectivity index (χ0n) is 18.7. The molecule has 5 rings (SSSR count). The normalized spacial score (nSPS) is 15.8. The van der Waals surface area contributed by atoms with Crippen LogP contribution in [0.15, 0.2) is 31.1 Å². The summed E-state index contributed by atoms with van der Waals surface area (Å²) in [6.07, 6.45) is 7.18. The van der Waals surface area contributed by atoms with Gasteiger partial charge in [0.05, 0.1) is 19.6 Å². The number of aromatic amines is 1. The van der Waals surface area contributed by atoms with Gasteiger partial charge in [0.2, 0.25) is 5.88 Å². The van der Waals surface area contributed by atoms with E-state index in [1.165, 1.54) is 6.33 Å². The Morgan fingerprint density at radius 3 is 2.91 bits per heavy atom. The maximum Gasteiger partial charge on any atom is 0.271 e. The van der Waals surface area contributed by atoms with E-state index in [1.54, 1.807) is 25.8 Å². The van der Waals surface area contributed by atoms with Gasteiger partial charge in [-0.2, -0.15) is 0 Å². The van der Waals surface area contributed by atoms with E-state index in [0.717, 1.165) is 29.0 Å². The molecule has 11 nitrogen and oxygen atoms in total. The maximum atomic E-state index is 12.6. The second kappa shape index (κ2) is 8.49. The summed E-state index contributed by atoms with van der Waals surface area (Å²) in [4.78, 5) is 39.5. The number of likely N-dealkylation sites (tertiary alicyclic amines) is 1. The number of fused-ring (bicyclic) bond motifs is 1. The lowest BCUT2D eigenvalue weighted by Crippen LogP contribution is -2.32. The number of nitrogens with one attached hydrogen (secondary N) is 2. The number of rotatable bonds is 6. The summed E-state index contributed by atoms with van der Waals surface area (Å²) in [5.41, 5.74) is 3.76. The summed E-state index contributed by atoms with van der Waals surface area (Å²) in [5, 5.41) is 3.48. The summed E-state index contributed by atoms with van der Waals surface area (Å²) in [6.45, 7) is 5.95. The SMILES string of the molecule is CCn1c(-c2cnc(OC)c(C)c2)nc2c(N[C@H]3CCN(C(=O)c4cnc[nH]4)C3)ncnc21. The van der Waals surface area contributed by atoms with Crippen molar-refractivity contribution >= 4 is 22.9 Å². The number of ether oxygens (including phenoxy) is 1. The minimum Gasteiger partial charge on any atom is -0.481 e. The van der Waals surface area contributed by atoms with Gasteiger partial charge in [0.25, 0.3) is 5.91 Å². The lowest BCUT2D eigenvalue weighted by atomic mass is 10.2. The van der Waals surface area contributed by atoms with E-state index in [2.05, 4.69) is 37.2 Å². The summed E-state index contributed by atoms with van der Waals surface area (Å²) >= 11 is 0. The Kier molecular flexibility index (Phi) is 5.37. The third-order valence-electron chi connectivity index (χ3n) is 5.87. The first kappa shape index (κ1) is 20.9. The number of carbonyl (C=O) groups is 1. The molecule has 0 spiro atoms. The second-order valence-corrected chi connectivity index (χ2v) is 7.97. The largest absolute Gasteiger partial charge is 0.481 e. The Morgan fingerprint density at radius 2 is 2.18 bits per heavy atom. The first-order valence-corrected chi connectivity index (χ1v) is 10.9. The highest BCUT2D eigenvalue weighted by atomic mass is 16.5. The highest BCUT2D eigenvalue weighted by Crippen LogP contribution is 2.29. The van der Waals surface area contributed by atoms with E-state index >= 15 is 0 Å². The predicted octanol–water partition coefficient (Wildman–Crippen LogP) is 2.27. The van der Waals surface area contributed by atoms with Crippen LogP contribution in [0.25, 0.3) is 22.6 Å². The molecule has 4 aromatic rings. The van der Waals surface area contributed by atoms with Crippen molar-refractivity contribution in [3.63, 3.8) is 0 Å². The molecule has 4 aromatic heterocycles. The number of hydrogen-bond donors (Lipinski definition) is 2. The third-order valence-corrected chi connectivity index (χ3v) is 5.87. The Morgan fingerprint density at radius 1 is 1.30 bits per heavy atom. The van der Waals surface area contributed by atoms with Crippen molar-refractivity contribution < 1.29 is 9.53 Å². The average molecular weight is 448 g/mol. The monoisotopic (exact) mass is 447 g/mol. The highest BCUT2D eigenvalue weighted by Gasteiger charge is 2.29. The molecular formula is C22H25N9O2. The summed E-state index contributed by atoms with van der Waals surface area (Å²) in [7, 11) is 1.61. The smallest absolute Gasteiger partial charge is 0.271 e. The van der Waals surface area contributed by atoms with Crippen LogP contribution in [-0.4, -0.2) is 71.5 Å². The van der Waals surface area contributed by atoms with Gasteiger partial charge in [-0.25, -0.2) is 24.9 Å². The predicted molar refractivity (Wildman–Crippen MR) is 122 cm³/mol. The van der Waals surface area contributed by atoms with Crippen molar-refractivity contribution in [2.45, 2.75) is 32.9 Å². The van der Waals surface area contributed by atoms with Crippen LogP contribution in [0.3, 0.4) is 0 Å². The second-order valence-electron chi connectivity index (χ2n) is 7.97. The lowest BCUT2D eigenvalue weighted by molar-refractivity contribution is 0.0786. The molecule has 170 valence electrons. The van der Waals surface area contributed by atoms with Gasteiger partial charge in [0, 0.05) is 43.0 Å². The molecule has 0 bridgehead atoms. The van der Waals surface area contributed by atoms with E-state index in [0.29, 0.717) is 42.5 Å². The van der Waals surface area contributed by atoms with Crippen LogP contribution in [0, 0.1) is 6.92 Å². The van der Waals surface area contributed by atoms with Crippen LogP contribution in [0.1, 0.15) is 29.4 Å². The van der Waals surface area contributed by atoms with E-state index in [9.17, 15) is 4.79 Å². The van der Waals surface area contributed by atoms with Crippen molar-refractivity contribution in [3.8, 4) is 17.3 Å². The average Bonchev–Trinajstić information content (AvgIpc) is 3.58. The van der Waals surface area contributed by atoms with Crippen molar-refractivity contribution in [2.75, 3.05) is 25.5 Å². The van der Waals surface area contributed by atoms with Gasteiger partial charge < -0.3 is 24.5 Å². The number of aryl methyl sites for hydroxylation is 2. The van der Waals surface area contributed by atoms with Crippen LogP contribution in [0.4, 0.5) is 5.82 Å². The molecule has 11 heteroatoms. The maximum absolute atomic E-state index is 12.6. The molecule has 0 unspecified atom stereocenters. The van der Waals surface area contributed by atoms with Gasteiger partial charge in [-0.05, 0) is 26.3 Å². The van der Waals surface area contributed by atoms with Crippen molar-refractivity contribution in [3.05, 3.63) is 42.4 Å². The number of anilines is 1. The number of hydrogen-bond acceptors (Lipinski definition) is 8. The van der Waals surface area contributed by atoms with E-state index < -0.39 is 0 Å². The quantitative estimate of drug-likeness (QED) is 0.461. The van der Waals surface area contributed by atoms with E-state index in [-0.39, 0.29) is 11.9 Å². The van der Waals surface area contributed by atoms with Crippen molar-refractivity contribution in [1.82, 2.24) is 39.4 Å². The Balaban J connectivity index is 1.43. The van der Waals surface area contributed by atoms with E-state index in [4.69, 9.17) is 9.72 Å². The molecule has 1 fully saturated rings. The molecule has 5 heterocycles. The molecule has 0 saturated carbocycles. The Labute approximate surface area is 190 Å². The fourth-order valence-corrected chi connectivity index (χ4v) is 4.26. The van der Waals surface area contributed by atoms with Gasteiger partial charge in [0.15, 0.2) is 17.0 Å². The Bertz CT molecular complexity index is 1300. The van der Waals surface area contributed by atoms with Gasteiger partial charge in [-0.15, -0.1) is 0 Å². The number of H-pyrrole nitrogens is 1. The molecule has 1 atom stereocenters. The summed E-state index contributed by atoms with van der Waals surface area (Å²) in [6, 6.07) is 2.07. The number of methoxy groups -OCH3 is 1. The minimum atomic E-state index is -0.0513. The summed E-state index contributed by atoms with van der Waals surface area (Å²) in [5.74, 6) is 1.98. The van der Waals surface area contributed by atoms with Crippen LogP contribution in [-0.2, 0) is 6.54 Å². The fourth-order valence-electron chi connectivity index (χ4n) is 4.26. The highest BCUT2D eigenvalue weighted by molar-refractivity contribution is 5.92. The number of amides is 1. The fraction of sp³-hybridized carbons (Fsp3) is 0.364. The first-order valence-electron chi connectivity index (χ1n) is 10.9. The van der Waals surface area contributed by atoms with Gasteiger partial charge in [-0.1, -0.05) is 0 Å². The first-order chi connectivity index (χ1) is 16.1. The van der Waals surface area contributed by atoms with Crippen LogP contribution >= 0.6 is 0 Å². The number of nitrogens with zero attached hydrogens (tertiary/aromatic N) is 7. The zero-order valence-corrected chi connectivity index (χ0v) is 18.7. The zero-order chi connectivity index (χ0) is 22.9.